The topological polar surface area (TPSA) is 68.6 Å². The van der Waals surface area contributed by atoms with Crippen LogP contribution in [0.25, 0.3) is 0 Å². The number of aromatic nitrogens is 2. The lowest BCUT2D eigenvalue weighted by Gasteiger charge is -2.33. The van der Waals surface area contributed by atoms with Gasteiger partial charge in [-0.2, -0.15) is 5.10 Å². The summed E-state index contributed by atoms with van der Waals surface area (Å²) in [6.07, 6.45) is 3.65. The molecule has 1 fully saturated rings. The Hall–Kier alpha value is -1.44. The van der Waals surface area contributed by atoms with E-state index in [1.807, 2.05) is 21.8 Å². The molecule has 1 saturated heterocycles. The average Bonchev–Trinajstić information content (AvgIpc) is 2.96. The fraction of sp³-hybridized carbons (Fsp3) is 0.692. The maximum Gasteiger partial charge on any atom is 0.236 e. The van der Waals surface area contributed by atoms with Crippen molar-refractivity contribution in [1.29, 1.82) is 0 Å². The van der Waals surface area contributed by atoms with Crippen LogP contribution < -0.4 is 5.32 Å². The molecule has 0 aliphatic carbocycles. The Kier molecular flexibility index (Phi) is 5.97. The van der Waals surface area contributed by atoms with Gasteiger partial charge in [0.1, 0.15) is 0 Å². The summed E-state index contributed by atoms with van der Waals surface area (Å²) in [6, 6.07) is 1.88. The molecule has 112 valence electrons. The molecule has 0 spiro atoms. The molecule has 2 heterocycles. The molecule has 7 heteroatoms. The lowest BCUT2D eigenvalue weighted by Crippen LogP contribution is -2.49. The summed E-state index contributed by atoms with van der Waals surface area (Å²) >= 11 is 0. The lowest BCUT2D eigenvalue weighted by molar-refractivity contribution is -0.138. The van der Waals surface area contributed by atoms with Gasteiger partial charge in [0, 0.05) is 39.1 Å². The van der Waals surface area contributed by atoms with Crippen molar-refractivity contribution < 1.29 is 14.3 Å². The van der Waals surface area contributed by atoms with Gasteiger partial charge in [-0.3, -0.25) is 9.48 Å². The Labute approximate surface area is 118 Å². The first-order valence-electron chi connectivity index (χ1n) is 6.86. The van der Waals surface area contributed by atoms with Gasteiger partial charge in [0.05, 0.1) is 32.4 Å². The van der Waals surface area contributed by atoms with Gasteiger partial charge in [-0.05, 0) is 6.07 Å². The number of rotatable bonds is 7. The summed E-state index contributed by atoms with van der Waals surface area (Å²) in [6.45, 7) is 4.16. The van der Waals surface area contributed by atoms with Crippen LogP contribution in [0.1, 0.15) is 0 Å². The summed E-state index contributed by atoms with van der Waals surface area (Å²) in [4.78, 5) is 13.9. The van der Waals surface area contributed by atoms with Gasteiger partial charge >= 0.3 is 0 Å². The molecule has 1 atom stereocenters. The molecule has 1 aromatic rings. The zero-order valence-electron chi connectivity index (χ0n) is 11.8. The minimum atomic E-state index is 0.00609. The van der Waals surface area contributed by atoms with Crippen LogP contribution in [0.2, 0.25) is 0 Å². The van der Waals surface area contributed by atoms with Crippen molar-refractivity contribution in [3.8, 4) is 0 Å². The van der Waals surface area contributed by atoms with Gasteiger partial charge < -0.3 is 19.7 Å². The van der Waals surface area contributed by atoms with Gasteiger partial charge in [-0.25, -0.2) is 0 Å². The van der Waals surface area contributed by atoms with E-state index >= 15 is 0 Å². The molecule has 2 rings (SSSR count). The predicted molar refractivity (Wildman–Crippen MR) is 73.3 cm³/mol. The molecule has 7 nitrogen and oxygen atoms in total. The molecule has 1 aliphatic heterocycles. The van der Waals surface area contributed by atoms with Crippen molar-refractivity contribution >= 4 is 5.91 Å². The molecule has 20 heavy (non-hydrogen) atoms. The highest BCUT2D eigenvalue weighted by molar-refractivity contribution is 5.78. The Morgan fingerprint density at radius 1 is 1.60 bits per heavy atom. The highest BCUT2D eigenvalue weighted by Gasteiger charge is 2.24. The summed E-state index contributed by atoms with van der Waals surface area (Å²) in [5.41, 5.74) is 0. The quantitative estimate of drug-likeness (QED) is 0.673. The van der Waals surface area contributed by atoms with Crippen LogP contribution in [0.15, 0.2) is 18.5 Å². The van der Waals surface area contributed by atoms with Crippen molar-refractivity contribution in [2.75, 3.05) is 46.5 Å². The second kappa shape index (κ2) is 7.98. The molecular formula is C13H22N4O3. The number of carbonyl (C=O) groups is 1. The molecular weight excluding hydrogens is 260 g/mol. The van der Waals surface area contributed by atoms with E-state index in [0.29, 0.717) is 45.9 Å². The van der Waals surface area contributed by atoms with Crippen LogP contribution in [0.5, 0.6) is 0 Å². The first-order chi connectivity index (χ1) is 9.79. The van der Waals surface area contributed by atoms with E-state index in [9.17, 15) is 4.79 Å². The SMILES string of the molecule is COCCNCC(=O)N1CCOC(Cn2cccn2)C1. The number of nitrogens with one attached hydrogen (secondary N) is 1. The van der Waals surface area contributed by atoms with Crippen molar-refractivity contribution in [3.05, 3.63) is 18.5 Å². The van der Waals surface area contributed by atoms with Crippen LogP contribution >= 0.6 is 0 Å². The van der Waals surface area contributed by atoms with Crippen molar-refractivity contribution in [3.63, 3.8) is 0 Å². The van der Waals surface area contributed by atoms with E-state index in [1.54, 1.807) is 13.3 Å². The molecule has 1 aromatic heterocycles. The van der Waals surface area contributed by atoms with Gasteiger partial charge in [0.2, 0.25) is 5.91 Å². The number of methoxy groups -OCH3 is 1. The normalized spacial score (nSPS) is 19.2. The minimum absolute atomic E-state index is 0.00609. The standard InChI is InChI=1S/C13H22N4O3/c1-19-7-4-14-9-13(18)16-6-8-20-12(10-16)11-17-5-2-3-15-17/h2-3,5,12,14H,4,6-11H2,1H3. The molecule has 1 N–H and O–H groups in total. The van der Waals surface area contributed by atoms with E-state index in [1.165, 1.54) is 0 Å². The Morgan fingerprint density at radius 2 is 2.50 bits per heavy atom. The summed E-state index contributed by atoms with van der Waals surface area (Å²) in [5.74, 6) is 0.106. The molecule has 1 unspecified atom stereocenters. The smallest absolute Gasteiger partial charge is 0.236 e. The number of carbonyl (C=O) groups excluding carboxylic acids is 1. The highest BCUT2D eigenvalue weighted by atomic mass is 16.5. The Balaban J connectivity index is 1.73. The largest absolute Gasteiger partial charge is 0.383 e. The van der Waals surface area contributed by atoms with Gasteiger partial charge in [0.15, 0.2) is 0 Å². The van der Waals surface area contributed by atoms with Crippen molar-refractivity contribution in [1.82, 2.24) is 20.0 Å². The van der Waals surface area contributed by atoms with E-state index in [-0.39, 0.29) is 12.0 Å². The van der Waals surface area contributed by atoms with Crippen molar-refractivity contribution in [2.45, 2.75) is 12.6 Å². The van der Waals surface area contributed by atoms with Crippen LogP contribution in [-0.2, 0) is 20.8 Å². The molecule has 1 aliphatic rings. The van der Waals surface area contributed by atoms with E-state index in [0.717, 1.165) is 0 Å². The fourth-order valence-corrected chi connectivity index (χ4v) is 2.15. The predicted octanol–water partition coefficient (Wildman–Crippen LogP) is -0.653. The number of morpholine rings is 1. The highest BCUT2D eigenvalue weighted by Crippen LogP contribution is 2.07. The number of hydrogen-bond donors (Lipinski definition) is 1. The third-order valence-corrected chi connectivity index (χ3v) is 3.20. The lowest BCUT2D eigenvalue weighted by atomic mass is 10.2. The summed E-state index contributed by atoms with van der Waals surface area (Å²) in [7, 11) is 1.64. The van der Waals surface area contributed by atoms with Gasteiger partial charge in [0.25, 0.3) is 0 Å². The van der Waals surface area contributed by atoms with Gasteiger partial charge in [-0.15, -0.1) is 0 Å². The molecule has 0 aromatic carbocycles. The maximum atomic E-state index is 12.1. The second-order valence-electron chi connectivity index (χ2n) is 4.73. The first kappa shape index (κ1) is 15.0. The van der Waals surface area contributed by atoms with Crippen LogP contribution in [0, 0.1) is 0 Å². The maximum absolute atomic E-state index is 12.1. The van der Waals surface area contributed by atoms with Crippen molar-refractivity contribution in [2.24, 2.45) is 0 Å². The number of nitrogens with zero attached hydrogens (tertiary/aromatic N) is 3. The van der Waals surface area contributed by atoms with Crippen LogP contribution in [0.3, 0.4) is 0 Å². The Bertz CT molecular complexity index is 396. The van der Waals surface area contributed by atoms with E-state index < -0.39 is 0 Å². The monoisotopic (exact) mass is 282 g/mol. The molecule has 1 amide bonds. The number of hydrogen-bond acceptors (Lipinski definition) is 5. The zero-order chi connectivity index (χ0) is 14.2. The Morgan fingerprint density at radius 3 is 3.25 bits per heavy atom. The van der Waals surface area contributed by atoms with Crippen LogP contribution in [-0.4, -0.2) is 73.2 Å². The molecule has 0 radical (unpaired) electrons. The number of amides is 1. The summed E-state index contributed by atoms with van der Waals surface area (Å²) < 4.78 is 12.4. The molecule has 0 saturated carbocycles. The summed E-state index contributed by atoms with van der Waals surface area (Å²) in [5, 5.41) is 7.23. The molecule has 0 bridgehead atoms. The third kappa shape index (κ3) is 4.59. The fourth-order valence-electron chi connectivity index (χ4n) is 2.15. The zero-order valence-corrected chi connectivity index (χ0v) is 11.8. The third-order valence-electron chi connectivity index (χ3n) is 3.20. The van der Waals surface area contributed by atoms with Gasteiger partial charge in [-0.1, -0.05) is 0 Å². The van der Waals surface area contributed by atoms with Crippen LogP contribution in [0.4, 0.5) is 0 Å². The number of ether oxygens (including phenoxy) is 2. The average molecular weight is 282 g/mol. The van der Waals surface area contributed by atoms with E-state index in [4.69, 9.17) is 9.47 Å². The van der Waals surface area contributed by atoms with E-state index in [2.05, 4.69) is 10.4 Å². The second-order valence-corrected chi connectivity index (χ2v) is 4.73. The first-order valence-corrected chi connectivity index (χ1v) is 6.86. The minimum Gasteiger partial charge on any atom is -0.383 e.